The topological polar surface area (TPSA) is 52.6 Å². The molecule has 3 atom stereocenters. The van der Waals surface area contributed by atoms with E-state index in [4.69, 9.17) is 5.11 Å². The second-order valence-corrected chi connectivity index (χ2v) is 5.39. The van der Waals surface area contributed by atoms with Gasteiger partial charge in [-0.2, -0.15) is 0 Å². The number of hydrogen-bond donors (Lipinski definition) is 2. The van der Waals surface area contributed by atoms with Crippen molar-refractivity contribution in [1.29, 1.82) is 0 Å². The summed E-state index contributed by atoms with van der Waals surface area (Å²) in [5, 5.41) is 12.2. The quantitative estimate of drug-likeness (QED) is 0.738. The van der Waals surface area contributed by atoms with E-state index in [2.05, 4.69) is 24.1 Å². The van der Waals surface area contributed by atoms with Gasteiger partial charge in [-0.25, -0.2) is 0 Å². The van der Waals surface area contributed by atoms with Gasteiger partial charge in [0.1, 0.15) is 6.04 Å². The molecule has 16 heavy (non-hydrogen) atoms. The number of nitrogens with zero attached hydrogens (tertiary/aromatic N) is 1. The molecular weight excluding hydrogens is 204 g/mol. The second kappa shape index (κ2) is 5.64. The Labute approximate surface area is 98.0 Å². The monoisotopic (exact) mass is 228 g/mol. The summed E-state index contributed by atoms with van der Waals surface area (Å²) in [4.78, 5) is 13.4. The highest BCUT2D eigenvalue weighted by molar-refractivity contribution is 5.73. The Morgan fingerprint density at radius 1 is 1.38 bits per heavy atom. The van der Waals surface area contributed by atoms with Gasteiger partial charge in [0, 0.05) is 25.7 Å². The number of aliphatic carboxylic acids is 1. The van der Waals surface area contributed by atoms with E-state index < -0.39 is 12.0 Å². The van der Waals surface area contributed by atoms with Crippen LogP contribution >= 0.6 is 0 Å². The van der Waals surface area contributed by atoms with Crippen molar-refractivity contribution in [2.45, 2.75) is 39.8 Å². The first-order chi connectivity index (χ1) is 7.40. The van der Waals surface area contributed by atoms with E-state index in [1.54, 1.807) is 0 Å². The zero-order valence-corrected chi connectivity index (χ0v) is 10.7. The molecule has 4 heteroatoms. The number of rotatable bonds is 5. The predicted octanol–water partition coefficient (Wildman–Crippen LogP) is 1.03. The standard InChI is InChI=1S/C12H24N2O2/c1-8(2)13-11(12(15)16)7-14-5-9(3)10(4)6-14/h8-11,13H,5-7H2,1-4H3,(H,15,16). The molecule has 2 N–H and O–H groups in total. The average molecular weight is 228 g/mol. The fourth-order valence-electron chi connectivity index (χ4n) is 2.26. The summed E-state index contributed by atoms with van der Waals surface area (Å²) in [6, 6.07) is -0.240. The average Bonchev–Trinajstić information content (AvgIpc) is 2.44. The molecule has 1 saturated heterocycles. The minimum Gasteiger partial charge on any atom is -0.480 e. The maximum Gasteiger partial charge on any atom is 0.322 e. The Morgan fingerprint density at radius 3 is 2.25 bits per heavy atom. The number of hydrogen-bond acceptors (Lipinski definition) is 3. The summed E-state index contributed by atoms with van der Waals surface area (Å²) >= 11 is 0. The van der Waals surface area contributed by atoms with Crippen LogP contribution in [-0.4, -0.2) is 47.7 Å². The van der Waals surface area contributed by atoms with E-state index in [1.165, 1.54) is 0 Å². The predicted molar refractivity (Wildman–Crippen MR) is 64.5 cm³/mol. The first kappa shape index (κ1) is 13.5. The van der Waals surface area contributed by atoms with E-state index >= 15 is 0 Å². The lowest BCUT2D eigenvalue weighted by Gasteiger charge is -2.23. The molecule has 0 aromatic heterocycles. The molecule has 0 radical (unpaired) electrons. The van der Waals surface area contributed by atoms with Crippen molar-refractivity contribution < 1.29 is 9.90 Å². The fraction of sp³-hybridized carbons (Fsp3) is 0.917. The molecule has 0 spiro atoms. The molecule has 1 rings (SSSR count). The minimum atomic E-state index is -0.749. The van der Waals surface area contributed by atoms with Gasteiger partial charge >= 0.3 is 5.97 Å². The second-order valence-electron chi connectivity index (χ2n) is 5.39. The van der Waals surface area contributed by atoms with Crippen LogP contribution in [0, 0.1) is 11.8 Å². The van der Waals surface area contributed by atoms with Gasteiger partial charge in [-0.1, -0.05) is 27.7 Å². The van der Waals surface area contributed by atoms with Crippen LogP contribution in [0.5, 0.6) is 0 Å². The molecule has 1 aliphatic heterocycles. The van der Waals surface area contributed by atoms with E-state index in [-0.39, 0.29) is 6.04 Å². The van der Waals surface area contributed by atoms with Gasteiger partial charge in [0.05, 0.1) is 0 Å². The molecule has 1 heterocycles. The van der Waals surface area contributed by atoms with Gasteiger partial charge in [0.25, 0.3) is 0 Å². The largest absolute Gasteiger partial charge is 0.480 e. The van der Waals surface area contributed by atoms with Crippen molar-refractivity contribution in [3.8, 4) is 0 Å². The van der Waals surface area contributed by atoms with Crippen molar-refractivity contribution in [2.75, 3.05) is 19.6 Å². The highest BCUT2D eigenvalue weighted by atomic mass is 16.4. The molecule has 0 saturated carbocycles. The van der Waals surface area contributed by atoms with Gasteiger partial charge in [-0.05, 0) is 11.8 Å². The Bertz CT molecular complexity index is 233. The van der Waals surface area contributed by atoms with Gasteiger partial charge in [-0.3, -0.25) is 4.79 Å². The molecule has 0 aromatic rings. The zero-order chi connectivity index (χ0) is 12.3. The third-order valence-corrected chi connectivity index (χ3v) is 3.34. The van der Waals surface area contributed by atoms with Crippen LogP contribution in [0.15, 0.2) is 0 Å². The molecule has 0 aliphatic carbocycles. The number of likely N-dealkylation sites (tertiary alicyclic amines) is 1. The van der Waals surface area contributed by atoms with E-state index in [1.807, 2.05) is 13.8 Å². The summed E-state index contributed by atoms with van der Waals surface area (Å²) < 4.78 is 0. The lowest BCUT2D eigenvalue weighted by molar-refractivity contribution is -0.140. The Hall–Kier alpha value is -0.610. The van der Waals surface area contributed by atoms with Crippen molar-refractivity contribution in [1.82, 2.24) is 10.2 Å². The van der Waals surface area contributed by atoms with Crippen molar-refractivity contribution in [2.24, 2.45) is 11.8 Å². The maximum absolute atomic E-state index is 11.1. The number of carboxylic acid groups (broad SMARTS) is 1. The molecule has 94 valence electrons. The normalized spacial score (nSPS) is 28.6. The lowest BCUT2D eigenvalue weighted by Crippen LogP contribution is -2.48. The van der Waals surface area contributed by atoms with Gasteiger partial charge in [-0.15, -0.1) is 0 Å². The van der Waals surface area contributed by atoms with Crippen molar-refractivity contribution in [3.05, 3.63) is 0 Å². The van der Waals surface area contributed by atoms with Gasteiger partial charge in [0.15, 0.2) is 0 Å². The highest BCUT2D eigenvalue weighted by Gasteiger charge is 2.29. The number of carbonyl (C=O) groups is 1. The lowest BCUT2D eigenvalue weighted by atomic mass is 10.0. The van der Waals surface area contributed by atoms with Crippen LogP contribution in [0.1, 0.15) is 27.7 Å². The van der Waals surface area contributed by atoms with E-state index in [9.17, 15) is 4.79 Å². The SMILES string of the molecule is CC(C)NC(CN1CC(C)C(C)C1)C(=O)O. The first-order valence-electron chi connectivity index (χ1n) is 6.11. The van der Waals surface area contributed by atoms with Crippen LogP contribution in [0.2, 0.25) is 0 Å². The summed E-state index contributed by atoms with van der Waals surface area (Å²) in [6.07, 6.45) is 0. The maximum atomic E-state index is 11.1. The van der Waals surface area contributed by atoms with Gasteiger partial charge in [0.2, 0.25) is 0 Å². The molecule has 1 fully saturated rings. The van der Waals surface area contributed by atoms with E-state index in [0.29, 0.717) is 18.4 Å². The fourth-order valence-corrected chi connectivity index (χ4v) is 2.26. The smallest absolute Gasteiger partial charge is 0.322 e. The third kappa shape index (κ3) is 3.76. The van der Waals surface area contributed by atoms with Crippen LogP contribution < -0.4 is 5.32 Å². The third-order valence-electron chi connectivity index (χ3n) is 3.34. The Kier molecular flexibility index (Phi) is 4.74. The van der Waals surface area contributed by atoms with Crippen LogP contribution in [0.25, 0.3) is 0 Å². The Balaban J connectivity index is 2.46. The molecule has 0 bridgehead atoms. The Morgan fingerprint density at radius 2 is 1.88 bits per heavy atom. The highest BCUT2D eigenvalue weighted by Crippen LogP contribution is 2.21. The molecule has 0 amide bonds. The summed E-state index contributed by atoms with van der Waals surface area (Å²) in [5.74, 6) is 0.600. The summed E-state index contributed by atoms with van der Waals surface area (Å²) in [7, 11) is 0. The first-order valence-corrected chi connectivity index (χ1v) is 6.11. The van der Waals surface area contributed by atoms with Crippen LogP contribution in [-0.2, 0) is 4.79 Å². The van der Waals surface area contributed by atoms with Crippen molar-refractivity contribution >= 4 is 5.97 Å². The molecule has 0 aromatic carbocycles. The number of carboxylic acids is 1. The zero-order valence-electron chi connectivity index (χ0n) is 10.7. The minimum absolute atomic E-state index is 0.207. The molecule has 4 nitrogen and oxygen atoms in total. The molecular formula is C12H24N2O2. The summed E-state index contributed by atoms with van der Waals surface area (Å²) in [6.45, 7) is 11.1. The van der Waals surface area contributed by atoms with Crippen LogP contribution in [0.4, 0.5) is 0 Å². The molecule has 1 aliphatic rings. The van der Waals surface area contributed by atoms with E-state index in [0.717, 1.165) is 13.1 Å². The van der Waals surface area contributed by atoms with Crippen LogP contribution in [0.3, 0.4) is 0 Å². The van der Waals surface area contributed by atoms with Crippen molar-refractivity contribution in [3.63, 3.8) is 0 Å². The van der Waals surface area contributed by atoms with Gasteiger partial charge < -0.3 is 15.3 Å². The number of nitrogens with one attached hydrogen (secondary N) is 1. The summed E-state index contributed by atoms with van der Waals surface area (Å²) in [5.41, 5.74) is 0. The molecule has 3 unspecified atom stereocenters.